The van der Waals surface area contributed by atoms with Crippen LogP contribution in [0.15, 0.2) is 18.2 Å². The monoisotopic (exact) mass is 245 g/mol. The molecule has 1 atom stereocenters. The third-order valence-electron chi connectivity index (χ3n) is 2.97. The van der Waals surface area contributed by atoms with E-state index in [9.17, 15) is 4.79 Å². The zero-order chi connectivity index (χ0) is 13.0. The van der Waals surface area contributed by atoms with Gasteiger partial charge in [-0.3, -0.25) is 4.79 Å². The number of anilines is 1. The smallest absolute Gasteiger partial charge is 0.220 e. The van der Waals surface area contributed by atoms with Crippen LogP contribution in [-0.4, -0.2) is 25.6 Å². The molecule has 1 unspecified atom stereocenters. The van der Waals surface area contributed by atoms with Crippen molar-refractivity contribution in [2.75, 3.05) is 19.0 Å². The Labute approximate surface area is 106 Å². The molecule has 0 bridgehead atoms. The summed E-state index contributed by atoms with van der Waals surface area (Å²) in [6.45, 7) is 0.584. The Hall–Kier alpha value is -2.22. The van der Waals surface area contributed by atoms with Crippen LogP contribution >= 0.6 is 0 Å². The number of benzene rings is 1. The highest BCUT2D eigenvalue weighted by molar-refractivity contribution is 5.77. The van der Waals surface area contributed by atoms with Gasteiger partial charge in [-0.25, -0.2) is 0 Å². The van der Waals surface area contributed by atoms with Crippen LogP contribution in [-0.2, 0) is 4.79 Å². The molecule has 0 aromatic heterocycles. The van der Waals surface area contributed by atoms with Crippen molar-refractivity contribution in [2.24, 2.45) is 0 Å². The molecule has 1 aromatic rings. The maximum absolute atomic E-state index is 11.1. The molecule has 0 aliphatic carbocycles. The fourth-order valence-corrected chi connectivity index (χ4v) is 1.94. The van der Waals surface area contributed by atoms with Gasteiger partial charge in [0, 0.05) is 25.1 Å². The van der Waals surface area contributed by atoms with Gasteiger partial charge in [0.2, 0.25) is 5.91 Å². The quantitative estimate of drug-likeness (QED) is 0.840. The van der Waals surface area contributed by atoms with E-state index in [0.29, 0.717) is 24.3 Å². The first-order valence-electron chi connectivity index (χ1n) is 5.84. The summed E-state index contributed by atoms with van der Waals surface area (Å²) in [5.74, 6) is 0.788. The van der Waals surface area contributed by atoms with Crippen molar-refractivity contribution in [3.8, 4) is 11.8 Å². The first-order valence-corrected chi connectivity index (χ1v) is 5.84. The summed E-state index contributed by atoms with van der Waals surface area (Å²) in [6.07, 6.45) is 1.29. The van der Waals surface area contributed by atoms with Gasteiger partial charge in [0.25, 0.3) is 0 Å². The van der Waals surface area contributed by atoms with Crippen LogP contribution in [0.1, 0.15) is 18.4 Å². The Bertz CT molecular complexity index is 483. The van der Waals surface area contributed by atoms with Gasteiger partial charge in [-0.2, -0.15) is 5.26 Å². The van der Waals surface area contributed by atoms with Crippen molar-refractivity contribution in [1.29, 1.82) is 5.26 Å². The normalized spacial score (nSPS) is 18.7. The lowest BCUT2D eigenvalue weighted by molar-refractivity contribution is -0.122. The molecule has 1 amide bonds. The summed E-state index contributed by atoms with van der Waals surface area (Å²) in [4.78, 5) is 11.1. The Morgan fingerprint density at radius 3 is 3.00 bits per heavy atom. The standard InChI is InChI=1S/C13H15N3O2/c1-18-11-4-2-9(7-14)12(6-11)16-10-3-5-13(17)15-8-10/h2,4,6,10,16H,3,5,8H2,1H3,(H,15,17). The van der Waals surface area contributed by atoms with Crippen molar-refractivity contribution >= 4 is 11.6 Å². The number of ether oxygens (including phenoxy) is 1. The summed E-state index contributed by atoms with van der Waals surface area (Å²) < 4.78 is 5.14. The maximum atomic E-state index is 11.1. The van der Waals surface area contributed by atoms with Gasteiger partial charge in [-0.15, -0.1) is 0 Å². The molecule has 0 saturated carbocycles. The number of nitrogens with zero attached hydrogens (tertiary/aromatic N) is 1. The van der Waals surface area contributed by atoms with Crippen LogP contribution in [0.5, 0.6) is 5.75 Å². The van der Waals surface area contributed by atoms with Gasteiger partial charge in [0.15, 0.2) is 0 Å². The average molecular weight is 245 g/mol. The van der Waals surface area contributed by atoms with E-state index in [1.807, 2.05) is 0 Å². The van der Waals surface area contributed by atoms with Gasteiger partial charge < -0.3 is 15.4 Å². The Kier molecular flexibility index (Phi) is 3.68. The number of hydrogen-bond acceptors (Lipinski definition) is 4. The Morgan fingerprint density at radius 2 is 2.39 bits per heavy atom. The minimum Gasteiger partial charge on any atom is -0.497 e. The molecule has 1 saturated heterocycles. The van der Waals surface area contributed by atoms with Gasteiger partial charge in [0.05, 0.1) is 18.4 Å². The minimum absolute atomic E-state index is 0.0826. The molecule has 94 valence electrons. The van der Waals surface area contributed by atoms with E-state index in [1.54, 1.807) is 25.3 Å². The minimum atomic E-state index is 0.0826. The lowest BCUT2D eigenvalue weighted by atomic mass is 10.1. The van der Waals surface area contributed by atoms with Crippen LogP contribution in [0.2, 0.25) is 0 Å². The molecule has 1 aliphatic heterocycles. The van der Waals surface area contributed by atoms with Crippen molar-refractivity contribution in [3.63, 3.8) is 0 Å². The number of methoxy groups -OCH3 is 1. The van der Waals surface area contributed by atoms with Gasteiger partial charge >= 0.3 is 0 Å². The van der Waals surface area contributed by atoms with E-state index in [4.69, 9.17) is 10.00 Å². The van der Waals surface area contributed by atoms with E-state index in [0.717, 1.165) is 12.1 Å². The molecule has 0 radical (unpaired) electrons. The third kappa shape index (κ3) is 2.72. The number of amides is 1. The number of rotatable bonds is 3. The predicted octanol–water partition coefficient (Wildman–Crippen LogP) is 1.26. The second-order valence-corrected chi connectivity index (χ2v) is 4.21. The molecule has 5 heteroatoms. The molecular weight excluding hydrogens is 230 g/mol. The van der Waals surface area contributed by atoms with E-state index in [-0.39, 0.29) is 11.9 Å². The lowest BCUT2D eigenvalue weighted by Gasteiger charge is -2.25. The van der Waals surface area contributed by atoms with Crippen molar-refractivity contribution in [3.05, 3.63) is 23.8 Å². The summed E-state index contributed by atoms with van der Waals surface area (Å²) in [5, 5.41) is 15.1. The molecule has 2 N–H and O–H groups in total. The highest BCUT2D eigenvalue weighted by atomic mass is 16.5. The van der Waals surface area contributed by atoms with Crippen LogP contribution in [0.3, 0.4) is 0 Å². The first kappa shape index (κ1) is 12.2. The molecule has 1 heterocycles. The number of nitriles is 1. The number of carbonyl (C=O) groups is 1. The number of carbonyl (C=O) groups excluding carboxylic acids is 1. The van der Waals surface area contributed by atoms with Crippen LogP contribution in [0.4, 0.5) is 5.69 Å². The number of hydrogen-bond donors (Lipinski definition) is 2. The second-order valence-electron chi connectivity index (χ2n) is 4.21. The summed E-state index contributed by atoms with van der Waals surface area (Å²) in [7, 11) is 1.59. The maximum Gasteiger partial charge on any atom is 0.220 e. The molecule has 2 rings (SSSR count). The predicted molar refractivity (Wildman–Crippen MR) is 67.4 cm³/mol. The van der Waals surface area contributed by atoms with Crippen molar-refractivity contribution < 1.29 is 9.53 Å². The molecular formula is C13H15N3O2. The molecule has 18 heavy (non-hydrogen) atoms. The van der Waals surface area contributed by atoms with Crippen LogP contribution in [0, 0.1) is 11.3 Å². The summed E-state index contributed by atoms with van der Waals surface area (Å²) in [5.41, 5.74) is 1.32. The van der Waals surface area contributed by atoms with Gasteiger partial charge in [-0.1, -0.05) is 0 Å². The molecule has 1 fully saturated rings. The molecule has 1 aromatic carbocycles. The van der Waals surface area contributed by atoms with Gasteiger partial charge in [0.1, 0.15) is 11.8 Å². The van der Waals surface area contributed by atoms with Crippen LogP contribution in [0.25, 0.3) is 0 Å². The second kappa shape index (κ2) is 5.41. The first-order chi connectivity index (χ1) is 8.72. The lowest BCUT2D eigenvalue weighted by Crippen LogP contribution is -2.42. The highest BCUT2D eigenvalue weighted by Gasteiger charge is 2.18. The zero-order valence-corrected chi connectivity index (χ0v) is 10.2. The number of piperidine rings is 1. The molecule has 0 spiro atoms. The highest BCUT2D eigenvalue weighted by Crippen LogP contribution is 2.23. The molecule has 5 nitrogen and oxygen atoms in total. The third-order valence-corrected chi connectivity index (χ3v) is 2.97. The Morgan fingerprint density at radius 1 is 1.56 bits per heavy atom. The molecule has 1 aliphatic rings. The van der Waals surface area contributed by atoms with E-state index >= 15 is 0 Å². The van der Waals surface area contributed by atoms with E-state index in [2.05, 4.69) is 16.7 Å². The van der Waals surface area contributed by atoms with Crippen LogP contribution < -0.4 is 15.4 Å². The SMILES string of the molecule is COc1ccc(C#N)c(NC2CCC(=O)NC2)c1. The van der Waals surface area contributed by atoms with Crippen molar-refractivity contribution in [1.82, 2.24) is 5.32 Å². The van der Waals surface area contributed by atoms with Gasteiger partial charge in [-0.05, 0) is 18.6 Å². The topological polar surface area (TPSA) is 74.1 Å². The fraction of sp³-hybridized carbons (Fsp3) is 0.385. The largest absolute Gasteiger partial charge is 0.497 e. The average Bonchev–Trinajstić information content (AvgIpc) is 2.41. The van der Waals surface area contributed by atoms with Crippen molar-refractivity contribution in [2.45, 2.75) is 18.9 Å². The summed E-state index contributed by atoms with van der Waals surface area (Å²) in [6, 6.07) is 7.58. The number of nitrogens with one attached hydrogen (secondary N) is 2. The zero-order valence-electron chi connectivity index (χ0n) is 10.2. The summed E-state index contributed by atoms with van der Waals surface area (Å²) >= 11 is 0. The fourth-order valence-electron chi connectivity index (χ4n) is 1.94. The van der Waals surface area contributed by atoms with E-state index < -0.39 is 0 Å². The Balaban J connectivity index is 2.12. The van der Waals surface area contributed by atoms with E-state index in [1.165, 1.54) is 0 Å².